The summed E-state index contributed by atoms with van der Waals surface area (Å²) >= 11 is 0. The minimum absolute atomic E-state index is 0.00756. The van der Waals surface area contributed by atoms with Gasteiger partial charge in [0.2, 0.25) is 0 Å². The molecule has 0 fully saturated rings. The van der Waals surface area contributed by atoms with Crippen molar-refractivity contribution in [3.8, 4) is 22.9 Å². The van der Waals surface area contributed by atoms with E-state index in [1.165, 1.54) is 6.20 Å². The molecule has 3 rings (SSSR count). The monoisotopic (exact) mass is 364 g/mol. The second kappa shape index (κ2) is 7.69. The fraction of sp³-hybridized carbons (Fsp3) is 0.158. The first kappa shape index (κ1) is 18.1. The molecule has 0 aliphatic rings. The van der Waals surface area contributed by atoms with E-state index in [0.29, 0.717) is 33.9 Å². The first-order valence-electron chi connectivity index (χ1n) is 8.17. The van der Waals surface area contributed by atoms with Gasteiger partial charge in [-0.2, -0.15) is 0 Å². The van der Waals surface area contributed by atoms with Crippen molar-refractivity contribution in [2.75, 3.05) is 14.2 Å². The number of hydrogen-bond acceptors (Lipinski definition) is 7. The average molecular weight is 364 g/mol. The first-order chi connectivity index (χ1) is 13.1. The molecule has 138 valence electrons. The maximum Gasteiger partial charge on any atom is 0.198 e. The largest absolute Gasteiger partial charge is 0.496 e. The summed E-state index contributed by atoms with van der Waals surface area (Å²) in [6.45, 7) is 1.79. The molecule has 3 aromatic heterocycles. The van der Waals surface area contributed by atoms with Crippen LogP contribution in [0.25, 0.3) is 22.2 Å². The minimum Gasteiger partial charge on any atom is -0.496 e. The molecule has 0 aromatic carbocycles. The van der Waals surface area contributed by atoms with Crippen LogP contribution in [0.5, 0.6) is 11.6 Å². The Hall–Kier alpha value is -3.68. The summed E-state index contributed by atoms with van der Waals surface area (Å²) in [7, 11) is 3.23. The van der Waals surface area contributed by atoms with E-state index >= 15 is 0 Å². The van der Waals surface area contributed by atoms with E-state index in [0.717, 1.165) is 10.9 Å². The van der Waals surface area contributed by atoms with Gasteiger partial charge in [-0.15, -0.1) is 0 Å². The first-order valence-corrected chi connectivity index (χ1v) is 8.17. The number of ether oxygens (including phenoxy) is 1. The smallest absolute Gasteiger partial charge is 0.198 e. The molecule has 0 spiro atoms. The van der Waals surface area contributed by atoms with Crippen LogP contribution in [0.4, 0.5) is 0 Å². The lowest BCUT2D eigenvalue weighted by Crippen LogP contribution is -1.98. The Labute approximate surface area is 156 Å². The fourth-order valence-corrected chi connectivity index (χ4v) is 2.84. The number of nitrogens with one attached hydrogen (secondary N) is 1. The molecule has 0 bridgehead atoms. The summed E-state index contributed by atoms with van der Waals surface area (Å²) in [4.78, 5) is 19.9. The standard InChI is InChI=1S/C19H20N6O2/c1-11(24-12(7-20)8-21-2)18-13-6-15(23-10-16(13)25-19(18)26)14-9-22-5-4-17(14)27-3/h4-10,25-26H,20H2,1-3H3/b12-7+,21-8?,24-11?. The van der Waals surface area contributed by atoms with Crippen molar-refractivity contribution in [1.29, 1.82) is 0 Å². The summed E-state index contributed by atoms with van der Waals surface area (Å²) in [5.41, 5.74) is 9.34. The van der Waals surface area contributed by atoms with E-state index in [2.05, 4.69) is 24.9 Å². The molecule has 0 atom stereocenters. The van der Waals surface area contributed by atoms with Crippen LogP contribution in [0.15, 0.2) is 52.6 Å². The Bertz CT molecular complexity index is 1070. The van der Waals surface area contributed by atoms with Gasteiger partial charge in [0.05, 0.1) is 47.1 Å². The maximum atomic E-state index is 10.4. The van der Waals surface area contributed by atoms with Crippen LogP contribution in [0.2, 0.25) is 0 Å². The molecule has 0 aliphatic carbocycles. The summed E-state index contributed by atoms with van der Waals surface area (Å²) in [5, 5.41) is 11.2. The highest BCUT2D eigenvalue weighted by molar-refractivity contribution is 6.13. The van der Waals surface area contributed by atoms with Crippen molar-refractivity contribution in [2.45, 2.75) is 6.92 Å². The van der Waals surface area contributed by atoms with Crippen molar-refractivity contribution in [2.24, 2.45) is 15.7 Å². The van der Waals surface area contributed by atoms with Crippen LogP contribution in [0.1, 0.15) is 12.5 Å². The zero-order valence-corrected chi connectivity index (χ0v) is 15.3. The number of nitrogens with zero attached hydrogens (tertiary/aromatic N) is 4. The molecular weight excluding hydrogens is 344 g/mol. The Morgan fingerprint density at radius 3 is 2.89 bits per heavy atom. The molecule has 8 nitrogen and oxygen atoms in total. The molecule has 0 unspecified atom stereocenters. The number of allylic oxidation sites excluding steroid dienone is 1. The predicted molar refractivity (Wildman–Crippen MR) is 106 cm³/mol. The van der Waals surface area contributed by atoms with Gasteiger partial charge in [-0.05, 0) is 19.1 Å². The molecule has 4 N–H and O–H groups in total. The van der Waals surface area contributed by atoms with Gasteiger partial charge in [0.1, 0.15) is 5.75 Å². The molecule has 27 heavy (non-hydrogen) atoms. The Morgan fingerprint density at radius 2 is 2.19 bits per heavy atom. The van der Waals surface area contributed by atoms with Crippen molar-refractivity contribution in [1.82, 2.24) is 15.0 Å². The molecule has 3 heterocycles. The minimum atomic E-state index is 0.00756. The van der Waals surface area contributed by atoms with Gasteiger partial charge in [0, 0.05) is 37.2 Å². The third-order valence-corrected chi connectivity index (χ3v) is 4.03. The Balaban J connectivity index is 2.17. The molecule has 0 saturated heterocycles. The van der Waals surface area contributed by atoms with Crippen molar-refractivity contribution < 1.29 is 9.84 Å². The van der Waals surface area contributed by atoms with Gasteiger partial charge >= 0.3 is 0 Å². The molecule has 0 aliphatic heterocycles. The zero-order chi connectivity index (χ0) is 19.4. The number of aliphatic imine (C=N–C) groups is 2. The number of rotatable bonds is 5. The van der Waals surface area contributed by atoms with Gasteiger partial charge < -0.3 is 20.6 Å². The summed E-state index contributed by atoms with van der Waals surface area (Å²) < 4.78 is 5.39. The number of nitrogens with two attached hydrogens (primary N) is 1. The van der Waals surface area contributed by atoms with E-state index < -0.39 is 0 Å². The second-order valence-electron chi connectivity index (χ2n) is 5.72. The third kappa shape index (κ3) is 3.50. The highest BCUT2D eigenvalue weighted by atomic mass is 16.5. The maximum absolute atomic E-state index is 10.4. The number of methoxy groups -OCH3 is 1. The SMILES string of the molecule is CN=C/C(=C\N)N=C(C)c1c(O)[nH]c2cnc(-c3cnccc3OC)cc12. The zero-order valence-electron chi connectivity index (χ0n) is 15.3. The second-order valence-corrected chi connectivity index (χ2v) is 5.72. The van der Waals surface area contributed by atoms with Gasteiger partial charge in [0.15, 0.2) is 5.88 Å². The normalized spacial score (nSPS) is 12.9. The molecular formula is C19H20N6O2. The van der Waals surface area contributed by atoms with Crippen LogP contribution in [-0.2, 0) is 0 Å². The van der Waals surface area contributed by atoms with Crippen LogP contribution in [0.3, 0.4) is 0 Å². The van der Waals surface area contributed by atoms with Crippen molar-refractivity contribution in [3.63, 3.8) is 0 Å². The van der Waals surface area contributed by atoms with Gasteiger partial charge in [-0.1, -0.05) is 0 Å². The summed E-state index contributed by atoms with van der Waals surface area (Å²) in [5.74, 6) is 0.671. The molecule has 3 aromatic rings. The predicted octanol–water partition coefficient (Wildman–Crippen LogP) is 2.65. The summed E-state index contributed by atoms with van der Waals surface area (Å²) in [6.07, 6.45) is 7.90. The van der Waals surface area contributed by atoms with E-state index in [1.807, 2.05) is 6.07 Å². The number of fused-ring (bicyclic) bond motifs is 1. The Morgan fingerprint density at radius 1 is 1.37 bits per heavy atom. The van der Waals surface area contributed by atoms with Gasteiger partial charge in [-0.25, -0.2) is 4.99 Å². The molecule has 0 amide bonds. The van der Waals surface area contributed by atoms with Crippen LogP contribution < -0.4 is 10.5 Å². The third-order valence-electron chi connectivity index (χ3n) is 4.03. The van der Waals surface area contributed by atoms with Crippen LogP contribution in [0, 0.1) is 0 Å². The van der Waals surface area contributed by atoms with E-state index in [9.17, 15) is 5.11 Å². The fourth-order valence-electron chi connectivity index (χ4n) is 2.84. The van der Waals surface area contributed by atoms with Crippen LogP contribution in [-0.4, -0.2) is 46.1 Å². The lowest BCUT2D eigenvalue weighted by molar-refractivity contribution is 0.416. The van der Waals surface area contributed by atoms with E-state index in [-0.39, 0.29) is 5.88 Å². The van der Waals surface area contributed by atoms with Gasteiger partial charge in [-0.3, -0.25) is 15.0 Å². The van der Waals surface area contributed by atoms with Gasteiger partial charge in [0.25, 0.3) is 0 Å². The number of aromatic amines is 1. The number of aromatic hydroxyl groups is 1. The molecule has 0 saturated carbocycles. The lowest BCUT2D eigenvalue weighted by atomic mass is 10.1. The Kier molecular flexibility index (Phi) is 5.16. The molecule has 8 heteroatoms. The van der Waals surface area contributed by atoms with Crippen LogP contribution >= 0.6 is 0 Å². The molecule has 0 radical (unpaired) electrons. The lowest BCUT2D eigenvalue weighted by Gasteiger charge is -2.07. The topological polar surface area (TPSA) is 122 Å². The summed E-state index contributed by atoms with van der Waals surface area (Å²) in [6, 6.07) is 3.63. The van der Waals surface area contributed by atoms with Crippen molar-refractivity contribution >= 4 is 22.8 Å². The van der Waals surface area contributed by atoms with E-state index in [1.54, 1.807) is 52.0 Å². The number of pyridine rings is 2. The number of hydrogen-bond donors (Lipinski definition) is 3. The highest BCUT2D eigenvalue weighted by Crippen LogP contribution is 2.33. The average Bonchev–Trinajstić information content (AvgIpc) is 3.02. The number of H-pyrrole nitrogens is 1. The van der Waals surface area contributed by atoms with E-state index in [4.69, 9.17) is 10.5 Å². The highest BCUT2D eigenvalue weighted by Gasteiger charge is 2.16. The number of aromatic nitrogens is 3. The quantitative estimate of drug-likeness (QED) is 0.601. The van der Waals surface area contributed by atoms with Crippen molar-refractivity contribution in [3.05, 3.63) is 48.2 Å².